The number of likely N-dealkylation sites (N-methyl/N-ethyl adjacent to an activating group) is 1. The first kappa shape index (κ1) is 13.3. The second-order valence-corrected chi connectivity index (χ2v) is 3.53. The van der Waals surface area contributed by atoms with Crippen LogP contribution >= 0.6 is 0 Å². The van der Waals surface area contributed by atoms with Gasteiger partial charge in [0.2, 0.25) is 0 Å². The molecule has 0 saturated heterocycles. The summed E-state index contributed by atoms with van der Waals surface area (Å²) in [5, 5.41) is 9.18. The Hall–Kier alpha value is 0.650. The van der Waals surface area contributed by atoms with Crippen molar-refractivity contribution in [1.82, 2.24) is 0 Å². The van der Waals surface area contributed by atoms with E-state index in [9.17, 15) is 5.11 Å². The molecule has 0 bridgehead atoms. The first-order chi connectivity index (χ1) is 3.95. The Labute approximate surface area is 80.8 Å². The van der Waals surface area contributed by atoms with Crippen molar-refractivity contribution in [1.29, 1.82) is 0 Å². The molecule has 1 atom stereocenters. The van der Waals surface area contributed by atoms with Crippen molar-refractivity contribution in [3.05, 3.63) is 0 Å². The maximum atomic E-state index is 9.18. The number of halogens is 1. The van der Waals surface area contributed by atoms with Crippen LogP contribution in [0.5, 0.6) is 0 Å². The van der Waals surface area contributed by atoms with E-state index in [0.717, 1.165) is 17.4 Å². The average Bonchev–Trinajstić information content (AvgIpc) is 1.62. The molecule has 2 nitrogen and oxygen atoms in total. The van der Waals surface area contributed by atoms with E-state index in [1.54, 1.807) is 0 Å². The minimum Gasteiger partial charge on any atom is -1.00 e. The van der Waals surface area contributed by atoms with Crippen LogP contribution in [-0.4, -0.2) is 43.4 Å². The number of hydrogen-bond acceptors (Lipinski definition) is 1. The van der Waals surface area contributed by atoms with Crippen molar-refractivity contribution < 1.29 is 33.6 Å². The molecule has 0 aliphatic carbocycles. The first-order valence-corrected chi connectivity index (χ1v) is 3.44. The molecule has 0 aromatic carbocycles. The van der Waals surface area contributed by atoms with Gasteiger partial charge in [-0.25, -0.2) is 0 Å². The van der Waals surface area contributed by atoms with Gasteiger partial charge in [0.1, 0.15) is 12.6 Å². The van der Waals surface area contributed by atoms with Crippen LogP contribution in [0.15, 0.2) is 0 Å². The molecule has 0 spiro atoms. The van der Waals surface area contributed by atoms with Gasteiger partial charge in [-0.3, -0.25) is 0 Å². The zero-order valence-electron chi connectivity index (χ0n) is 7.26. The molecule has 64 valence electrons. The molecule has 0 heterocycles. The minimum atomic E-state index is -0.134. The van der Waals surface area contributed by atoms with Crippen LogP contribution in [0.25, 0.3) is 0 Å². The second-order valence-electron chi connectivity index (χ2n) is 3.53. The van der Waals surface area contributed by atoms with E-state index < -0.39 is 0 Å². The van der Waals surface area contributed by atoms with Crippen molar-refractivity contribution in [2.24, 2.45) is 0 Å². The van der Waals surface area contributed by atoms with Crippen LogP contribution in [0, 0.1) is 0 Å². The number of hydrogen-bond donors (Lipinski definition) is 1. The van der Waals surface area contributed by atoms with Gasteiger partial charge >= 0.3 is 0 Å². The standard InChI is InChI=1S/C7H18NO.HI/c1-5-7(9)6-8(2,3)4;/h7,9H,5-6H2,1-4H3;1H/q+1;/p-1. The fraction of sp³-hybridized carbons (Fsp3) is 1.00. The summed E-state index contributed by atoms with van der Waals surface area (Å²) in [6, 6.07) is 0. The zero-order chi connectivity index (χ0) is 7.49. The average molecular weight is 259 g/mol. The highest BCUT2D eigenvalue weighted by atomic mass is 127. The smallest absolute Gasteiger partial charge is 0.104 e. The number of aliphatic hydroxyl groups excluding tert-OH is 1. The Bertz CT molecular complexity index is 80.2. The maximum absolute atomic E-state index is 9.18. The SMILES string of the molecule is CCC(O)C[N+](C)(C)C.[I-]. The third kappa shape index (κ3) is 8.65. The molecule has 1 N–H and O–H groups in total. The molecule has 0 fully saturated rings. The summed E-state index contributed by atoms with van der Waals surface area (Å²) in [6.07, 6.45) is 0.722. The van der Waals surface area contributed by atoms with Crippen LogP contribution in [0.2, 0.25) is 0 Å². The Morgan fingerprint density at radius 2 is 1.70 bits per heavy atom. The van der Waals surface area contributed by atoms with E-state index in [0.29, 0.717) is 0 Å². The van der Waals surface area contributed by atoms with E-state index in [-0.39, 0.29) is 30.1 Å². The van der Waals surface area contributed by atoms with Gasteiger partial charge in [-0.1, -0.05) is 6.92 Å². The van der Waals surface area contributed by atoms with Crippen LogP contribution in [-0.2, 0) is 0 Å². The van der Waals surface area contributed by atoms with Gasteiger partial charge in [0.15, 0.2) is 0 Å². The molecule has 1 unspecified atom stereocenters. The van der Waals surface area contributed by atoms with Gasteiger partial charge in [0, 0.05) is 0 Å². The molecule has 0 rings (SSSR count). The molecule has 0 radical (unpaired) electrons. The normalized spacial score (nSPS) is 14.1. The van der Waals surface area contributed by atoms with E-state index in [2.05, 4.69) is 21.1 Å². The van der Waals surface area contributed by atoms with Gasteiger partial charge in [-0.15, -0.1) is 0 Å². The fourth-order valence-electron chi connectivity index (χ4n) is 0.761. The highest BCUT2D eigenvalue weighted by Gasteiger charge is 2.12. The van der Waals surface area contributed by atoms with Crippen molar-refractivity contribution in [3.8, 4) is 0 Å². The molecule has 10 heavy (non-hydrogen) atoms. The lowest BCUT2D eigenvalue weighted by atomic mass is 10.2. The molecule has 0 aliphatic rings. The highest BCUT2D eigenvalue weighted by molar-refractivity contribution is 4.47. The lowest BCUT2D eigenvalue weighted by Gasteiger charge is -2.26. The van der Waals surface area contributed by atoms with Crippen LogP contribution in [0.3, 0.4) is 0 Å². The lowest BCUT2D eigenvalue weighted by molar-refractivity contribution is -0.873. The third-order valence-electron chi connectivity index (χ3n) is 1.23. The summed E-state index contributed by atoms with van der Waals surface area (Å²) >= 11 is 0. The topological polar surface area (TPSA) is 20.2 Å². The Morgan fingerprint density at radius 1 is 1.30 bits per heavy atom. The van der Waals surface area contributed by atoms with Crippen LogP contribution < -0.4 is 24.0 Å². The quantitative estimate of drug-likeness (QED) is 0.438. The molecule has 0 amide bonds. The summed E-state index contributed by atoms with van der Waals surface area (Å²) < 4.78 is 0.842. The fourth-order valence-corrected chi connectivity index (χ4v) is 0.761. The van der Waals surface area contributed by atoms with E-state index >= 15 is 0 Å². The lowest BCUT2D eigenvalue weighted by Crippen LogP contribution is -3.00. The molecular formula is C7H18INO. The zero-order valence-corrected chi connectivity index (χ0v) is 9.42. The largest absolute Gasteiger partial charge is 1.00 e. The third-order valence-corrected chi connectivity index (χ3v) is 1.23. The van der Waals surface area contributed by atoms with E-state index in [4.69, 9.17) is 0 Å². The maximum Gasteiger partial charge on any atom is 0.104 e. The molecule has 0 saturated carbocycles. The number of quaternary nitrogens is 1. The molecular weight excluding hydrogens is 241 g/mol. The predicted octanol–water partition coefficient (Wildman–Crippen LogP) is -2.53. The van der Waals surface area contributed by atoms with Crippen molar-refractivity contribution >= 4 is 0 Å². The first-order valence-electron chi connectivity index (χ1n) is 3.44. The number of aliphatic hydroxyl groups is 1. The van der Waals surface area contributed by atoms with Crippen molar-refractivity contribution in [2.45, 2.75) is 19.4 Å². The highest BCUT2D eigenvalue weighted by Crippen LogP contribution is 1.97. The van der Waals surface area contributed by atoms with Gasteiger partial charge in [0.05, 0.1) is 21.1 Å². The van der Waals surface area contributed by atoms with Gasteiger partial charge in [-0.05, 0) is 6.42 Å². The Balaban J connectivity index is 0. The predicted molar refractivity (Wildman–Crippen MR) is 39.2 cm³/mol. The molecule has 0 aromatic heterocycles. The summed E-state index contributed by atoms with van der Waals surface area (Å²) in [4.78, 5) is 0. The Morgan fingerprint density at radius 3 is 1.80 bits per heavy atom. The van der Waals surface area contributed by atoms with Crippen molar-refractivity contribution in [3.63, 3.8) is 0 Å². The summed E-state index contributed by atoms with van der Waals surface area (Å²) in [5.41, 5.74) is 0. The molecule has 0 aliphatic heterocycles. The van der Waals surface area contributed by atoms with E-state index in [1.165, 1.54) is 0 Å². The van der Waals surface area contributed by atoms with Crippen molar-refractivity contribution in [2.75, 3.05) is 27.7 Å². The number of nitrogens with zero attached hydrogens (tertiary/aromatic N) is 1. The second kappa shape index (κ2) is 5.32. The Kier molecular flexibility index (Phi) is 7.05. The summed E-state index contributed by atoms with van der Waals surface area (Å²) in [5.74, 6) is 0. The summed E-state index contributed by atoms with van der Waals surface area (Å²) in [7, 11) is 6.25. The monoisotopic (exact) mass is 259 g/mol. The molecule has 0 aromatic rings. The molecule has 3 heteroatoms. The van der Waals surface area contributed by atoms with Gasteiger partial charge < -0.3 is 33.6 Å². The minimum absolute atomic E-state index is 0. The number of rotatable bonds is 3. The van der Waals surface area contributed by atoms with Crippen LogP contribution in [0.1, 0.15) is 13.3 Å². The van der Waals surface area contributed by atoms with E-state index in [1.807, 2.05) is 6.92 Å². The van der Waals surface area contributed by atoms with Crippen LogP contribution in [0.4, 0.5) is 0 Å². The van der Waals surface area contributed by atoms with Gasteiger partial charge in [0.25, 0.3) is 0 Å². The van der Waals surface area contributed by atoms with Gasteiger partial charge in [-0.2, -0.15) is 0 Å². The summed E-state index contributed by atoms with van der Waals surface area (Å²) in [6.45, 7) is 2.84.